The topological polar surface area (TPSA) is 58.8 Å². The van der Waals surface area contributed by atoms with E-state index in [0.29, 0.717) is 13.2 Å². The third-order valence-corrected chi connectivity index (χ3v) is 3.93. The van der Waals surface area contributed by atoms with Crippen LogP contribution in [0.25, 0.3) is 0 Å². The van der Waals surface area contributed by atoms with E-state index in [4.69, 9.17) is 10.5 Å². The molecule has 0 aromatic heterocycles. The molecule has 2 N–H and O–H groups in total. The van der Waals surface area contributed by atoms with Crippen LogP contribution in [0.5, 0.6) is 0 Å². The van der Waals surface area contributed by atoms with Crippen LogP contribution in [-0.2, 0) is 9.53 Å². The van der Waals surface area contributed by atoms with Gasteiger partial charge in [0, 0.05) is 19.1 Å². The second-order valence-corrected chi connectivity index (χ2v) is 5.11. The van der Waals surface area contributed by atoms with E-state index in [1.54, 1.807) is 0 Å². The lowest BCUT2D eigenvalue weighted by molar-refractivity contribution is -0.135. The summed E-state index contributed by atoms with van der Waals surface area (Å²) in [6.07, 6.45) is 1.02. The molecule has 0 spiro atoms. The van der Waals surface area contributed by atoms with Crippen LogP contribution in [0.2, 0.25) is 0 Å². The second kappa shape index (κ2) is 8.51. The third kappa shape index (κ3) is 4.75. The van der Waals surface area contributed by atoms with Gasteiger partial charge in [0.2, 0.25) is 5.91 Å². The second-order valence-electron chi connectivity index (χ2n) is 5.11. The van der Waals surface area contributed by atoms with Gasteiger partial charge in [-0.2, -0.15) is 0 Å². The van der Waals surface area contributed by atoms with Crippen LogP contribution >= 0.6 is 0 Å². The number of hydrogen-bond acceptors (Lipinski definition) is 4. The highest BCUT2D eigenvalue weighted by molar-refractivity contribution is 5.80. The summed E-state index contributed by atoms with van der Waals surface area (Å²) < 4.78 is 5.28. The zero-order chi connectivity index (χ0) is 14.3. The van der Waals surface area contributed by atoms with Crippen molar-refractivity contribution in [2.45, 2.75) is 33.2 Å². The fourth-order valence-corrected chi connectivity index (χ4v) is 2.51. The zero-order valence-electron chi connectivity index (χ0n) is 12.6. The summed E-state index contributed by atoms with van der Waals surface area (Å²) in [5.74, 6) is 0.0143. The average Bonchev–Trinajstić information content (AvgIpc) is 2.85. The summed E-state index contributed by atoms with van der Waals surface area (Å²) in [5.41, 5.74) is 5.91. The lowest BCUT2D eigenvalue weighted by atomic mass is 10.0. The van der Waals surface area contributed by atoms with E-state index in [2.05, 4.69) is 18.7 Å². The minimum absolute atomic E-state index is 0.135. The van der Waals surface area contributed by atoms with Crippen LogP contribution in [-0.4, -0.2) is 67.7 Å². The molecule has 5 nitrogen and oxygen atoms in total. The molecule has 5 heteroatoms. The van der Waals surface area contributed by atoms with E-state index in [0.717, 1.165) is 39.1 Å². The molecule has 0 aliphatic carbocycles. The van der Waals surface area contributed by atoms with Crippen LogP contribution in [0.3, 0.4) is 0 Å². The van der Waals surface area contributed by atoms with E-state index in [1.807, 2.05) is 11.8 Å². The summed E-state index contributed by atoms with van der Waals surface area (Å²) in [5, 5.41) is 0. The van der Waals surface area contributed by atoms with Crippen molar-refractivity contribution in [2.24, 2.45) is 11.7 Å². The Morgan fingerprint density at radius 3 is 2.32 bits per heavy atom. The molecule has 1 fully saturated rings. The van der Waals surface area contributed by atoms with Crippen molar-refractivity contribution in [3.05, 3.63) is 0 Å². The Kier molecular flexibility index (Phi) is 7.34. The quantitative estimate of drug-likeness (QED) is 0.700. The summed E-state index contributed by atoms with van der Waals surface area (Å²) in [4.78, 5) is 16.7. The summed E-state index contributed by atoms with van der Waals surface area (Å²) in [6.45, 7) is 12.1. The molecule has 0 radical (unpaired) electrons. The number of nitrogens with two attached hydrogens (primary N) is 1. The number of amides is 1. The molecule has 19 heavy (non-hydrogen) atoms. The molecule has 0 bridgehead atoms. The molecule has 0 aromatic carbocycles. The van der Waals surface area contributed by atoms with Crippen molar-refractivity contribution >= 4 is 5.91 Å². The average molecular weight is 271 g/mol. The molecule has 0 saturated carbocycles. The van der Waals surface area contributed by atoms with Gasteiger partial charge < -0.3 is 20.3 Å². The molecule has 1 aliphatic heterocycles. The molecule has 1 heterocycles. The van der Waals surface area contributed by atoms with Crippen LogP contribution in [0.15, 0.2) is 0 Å². The molecule has 1 saturated heterocycles. The Bertz CT molecular complexity index is 269. The standard InChI is InChI=1S/C14H29N3O2/c1-4-16(5-2)8-7-9-17(6-3)14(18)12-10-19-11-13(12)15/h12-13H,4-11,15H2,1-3H3. The zero-order valence-corrected chi connectivity index (χ0v) is 12.6. The van der Waals surface area contributed by atoms with E-state index >= 15 is 0 Å². The lowest BCUT2D eigenvalue weighted by Gasteiger charge is -2.26. The number of nitrogens with zero attached hydrogens (tertiary/aromatic N) is 2. The SMILES string of the molecule is CCN(CC)CCCN(CC)C(=O)C1COCC1N. The van der Waals surface area contributed by atoms with Crippen molar-refractivity contribution in [1.29, 1.82) is 0 Å². The predicted octanol–water partition coefficient (Wildman–Crippen LogP) is 0.541. The van der Waals surface area contributed by atoms with Gasteiger partial charge in [0.1, 0.15) is 0 Å². The van der Waals surface area contributed by atoms with Gasteiger partial charge in [0.05, 0.1) is 19.1 Å². The Morgan fingerprint density at radius 2 is 1.84 bits per heavy atom. The van der Waals surface area contributed by atoms with E-state index in [-0.39, 0.29) is 17.9 Å². The largest absolute Gasteiger partial charge is 0.379 e. The van der Waals surface area contributed by atoms with Gasteiger partial charge in [-0.25, -0.2) is 0 Å². The molecule has 2 unspecified atom stereocenters. The number of carbonyl (C=O) groups excluding carboxylic acids is 1. The van der Waals surface area contributed by atoms with Gasteiger partial charge in [-0.15, -0.1) is 0 Å². The Labute approximate surface area is 117 Å². The first-order chi connectivity index (χ1) is 9.13. The molecule has 2 atom stereocenters. The minimum atomic E-state index is -0.145. The highest BCUT2D eigenvalue weighted by Crippen LogP contribution is 2.15. The number of rotatable bonds is 8. The Balaban J connectivity index is 2.38. The number of hydrogen-bond donors (Lipinski definition) is 1. The molecule has 112 valence electrons. The van der Waals surface area contributed by atoms with Crippen LogP contribution < -0.4 is 5.73 Å². The molecular weight excluding hydrogens is 242 g/mol. The van der Waals surface area contributed by atoms with Gasteiger partial charge in [0.15, 0.2) is 0 Å². The minimum Gasteiger partial charge on any atom is -0.379 e. The first kappa shape index (κ1) is 16.4. The van der Waals surface area contributed by atoms with E-state index in [9.17, 15) is 4.79 Å². The molecular formula is C14H29N3O2. The predicted molar refractivity (Wildman–Crippen MR) is 76.9 cm³/mol. The maximum atomic E-state index is 12.4. The molecule has 1 rings (SSSR count). The van der Waals surface area contributed by atoms with Crippen molar-refractivity contribution < 1.29 is 9.53 Å². The van der Waals surface area contributed by atoms with Gasteiger partial charge in [-0.05, 0) is 33.0 Å². The van der Waals surface area contributed by atoms with Crippen LogP contribution in [0, 0.1) is 5.92 Å². The Morgan fingerprint density at radius 1 is 1.16 bits per heavy atom. The number of ether oxygens (including phenoxy) is 1. The molecule has 1 aliphatic rings. The summed E-state index contributed by atoms with van der Waals surface area (Å²) >= 11 is 0. The van der Waals surface area contributed by atoms with E-state index < -0.39 is 0 Å². The fourth-order valence-electron chi connectivity index (χ4n) is 2.51. The smallest absolute Gasteiger partial charge is 0.229 e. The lowest BCUT2D eigenvalue weighted by Crippen LogP contribution is -2.44. The molecule has 1 amide bonds. The van der Waals surface area contributed by atoms with Crippen LogP contribution in [0.1, 0.15) is 27.2 Å². The molecule has 0 aromatic rings. The van der Waals surface area contributed by atoms with Crippen LogP contribution in [0.4, 0.5) is 0 Å². The fraction of sp³-hybridized carbons (Fsp3) is 0.929. The summed E-state index contributed by atoms with van der Waals surface area (Å²) in [6, 6.07) is -0.135. The van der Waals surface area contributed by atoms with Gasteiger partial charge in [0.25, 0.3) is 0 Å². The van der Waals surface area contributed by atoms with E-state index in [1.165, 1.54) is 0 Å². The van der Waals surface area contributed by atoms with Gasteiger partial charge in [-0.1, -0.05) is 13.8 Å². The monoisotopic (exact) mass is 271 g/mol. The first-order valence-electron chi connectivity index (χ1n) is 7.48. The normalized spacial score (nSPS) is 23.0. The highest BCUT2D eigenvalue weighted by atomic mass is 16.5. The van der Waals surface area contributed by atoms with Gasteiger partial charge >= 0.3 is 0 Å². The maximum Gasteiger partial charge on any atom is 0.229 e. The van der Waals surface area contributed by atoms with Crippen molar-refractivity contribution in [3.8, 4) is 0 Å². The summed E-state index contributed by atoms with van der Waals surface area (Å²) in [7, 11) is 0. The Hall–Kier alpha value is -0.650. The van der Waals surface area contributed by atoms with Gasteiger partial charge in [-0.3, -0.25) is 4.79 Å². The highest BCUT2D eigenvalue weighted by Gasteiger charge is 2.33. The van der Waals surface area contributed by atoms with Crippen molar-refractivity contribution in [1.82, 2.24) is 9.80 Å². The van der Waals surface area contributed by atoms with Crippen molar-refractivity contribution in [2.75, 3.05) is 45.9 Å². The first-order valence-corrected chi connectivity index (χ1v) is 7.48. The number of carbonyl (C=O) groups is 1. The maximum absolute atomic E-state index is 12.4. The third-order valence-electron chi connectivity index (χ3n) is 3.93. The van der Waals surface area contributed by atoms with Crippen molar-refractivity contribution in [3.63, 3.8) is 0 Å².